The Kier molecular flexibility index (Phi) is 8.13. The molecule has 3 N–H and O–H groups in total. The molecule has 0 aliphatic heterocycles. The Morgan fingerprint density at radius 1 is 0.879 bits per heavy atom. The van der Waals surface area contributed by atoms with Crippen LogP contribution in [-0.2, 0) is 4.79 Å². The average Bonchev–Trinajstić information content (AvgIpc) is 2.81. The van der Waals surface area contributed by atoms with Crippen LogP contribution in [0, 0.1) is 12.8 Å². The standard InChI is InChI=1S/C26H30N4O3/c1-17(2)14-15-27-25(32)23(16-28-24(31)20-10-8-18(3)9-11-20)30-26(33)22-13-12-19-6-4-5-7-21(19)29-22/h4-13,17,23H,14-16H2,1-3H3,(H,27,32)(H,28,31)(H,30,33)/t23-/m0/s1. The molecule has 0 spiro atoms. The van der Waals surface area contributed by atoms with Gasteiger partial charge in [-0.3, -0.25) is 14.4 Å². The lowest BCUT2D eigenvalue weighted by atomic mass is 10.1. The molecule has 0 saturated heterocycles. The van der Waals surface area contributed by atoms with E-state index in [4.69, 9.17) is 0 Å². The van der Waals surface area contributed by atoms with Crippen LogP contribution in [0.15, 0.2) is 60.7 Å². The Bertz CT molecular complexity index is 1130. The van der Waals surface area contributed by atoms with Gasteiger partial charge in [-0.1, -0.05) is 55.8 Å². The number of rotatable bonds is 9. The average molecular weight is 447 g/mol. The zero-order chi connectivity index (χ0) is 23.8. The highest BCUT2D eigenvalue weighted by Crippen LogP contribution is 2.12. The number of nitrogens with one attached hydrogen (secondary N) is 3. The number of benzene rings is 2. The van der Waals surface area contributed by atoms with Crippen LogP contribution in [0.1, 0.15) is 46.7 Å². The molecule has 3 amide bonds. The highest BCUT2D eigenvalue weighted by atomic mass is 16.2. The molecule has 7 heteroatoms. The number of amides is 3. The van der Waals surface area contributed by atoms with Gasteiger partial charge in [-0.25, -0.2) is 4.98 Å². The first-order valence-corrected chi connectivity index (χ1v) is 11.1. The molecule has 2 aromatic carbocycles. The van der Waals surface area contributed by atoms with Gasteiger partial charge in [-0.2, -0.15) is 0 Å². The number of fused-ring (bicyclic) bond motifs is 1. The molecular formula is C26H30N4O3. The Balaban J connectivity index is 1.70. The van der Waals surface area contributed by atoms with Crippen LogP contribution in [-0.4, -0.2) is 41.8 Å². The number of aromatic nitrogens is 1. The predicted octanol–water partition coefficient (Wildman–Crippen LogP) is 3.23. The molecule has 172 valence electrons. The fourth-order valence-electron chi connectivity index (χ4n) is 3.24. The smallest absolute Gasteiger partial charge is 0.270 e. The zero-order valence-electron chi connectivity index (χ0n) is 19.2. The summed E-state index contributed by atoms with van der Waals surface area (Å²) in [6.45, 7) is 6.52. The van der Waals surface area contributed by atoms with Crippen molar-refractivity contribution in [2.24, 2.45) is 5.92 Å². The van der Waals surface area contributed by atoms with Crippen molar-refractivity contribution in [3.8, 4) is 0 Å². The number of hydrogen-bond donors (Lipinski definition) is 3. The van der Waals surface area contributed by atoms with E-state index in [1.54, 1.807) is 18.2 Å². The number of carbonyl (C=O) groups is 3. The van der Waals surface area contributed by atoms with Gasteiger partial charge in [0, 0.05) is 24.0 Å². The fraction of sp³-hybridized carbons (Fsp3) is 0.308. The van der Waals surface area contributed by atoms with Gasteiger partial charge in [0.1, 0.15) is 11.7 Å². The highest BCUT2D eigenvalue weighted by molar-refractivity contribution is 5.98. The van der Waals surface area contributed by atoms with Crippen molar-refractivity contribution in [1.29, 1.82) is 0 Å². The summed E-state index contributed by atoms with van der Waals surface area (Å²) in [7, 11) is 0. The lowest BCUT2D eigenvalue weighted by Gasteiger charge is -2.19. The normalized spacial score (nSPS) is 11.8. The summed E-state index contributed by atoms with van der Waals surface area (Å²) >= 11 is 0. The van der Waals surface area contributed by atoms with Crippen LogP contribution in [0.3, 0.4) is 0 Å². The van der Waals surface area contributed by atoms with Gasteiger partial charge < -0.3 is 16.0 Å². The topological polar surface area (TPSA) is 100 Å². The van der Waals surface area contributed by atoms with Crippen molar-refractivity contribution in [2.45, 2.75) is 33.2 Å². The van der Waals surface area contributed by atoms with E-state index in [1.165, 1.54) is 0 Å². The summed E-state index contributed by atoms with van der Waals surface area (Å²) in [5, 5.41) is 9.24. The quantitative estimate of drug-likeness (QED) is 0.470. The van der Waals surface area contributed by atoms with Crippen molar-refractivity contribution in [2.75, 3.05) is 13.1 Å². The number of para-hydroxylation sites is 1. The van der Waals surface area contributed by atoms with Crippen LogP contribution < -0.4 is 16.0 Å². The molecule has 0 aliphatic rings. The monoisotopic (exact) mass is 446 g/mol. The van der Waals surface area contributed by atoms with Gasteiger partial charge in [0.25, 0.3) is 11.8 Å². The van der Waals surface area contributed by atoms with Crippen LogP contribution in [0.4, 0.5) is 0 Å². The summed E-state index contributed by atoms with van der Waals surface area (Å²) in [5.74, 6) is -0.710. The molecule has 0 saturated carbocycles. The largest absolute Gasteiger partial charge is 0.354 e. The van der Waals surface area contributed by atoms with E-state index in [0.29, 0.717) is 23.5 Å². The second kappa shape index (κ2) is 11.2. The molecule has 1 atom stereocenters. The third-order valence-electron chi connectivity index (χ3n) is 5.25. The Hall–Kier alpha value is -3.74. The Morgan fingerprint density at radius 3 is 2.33 bits per heavy atom. The van der Waals surface area contributed by atoms with Gasteiger partial charge >= 0.3 is 0 Å². The minimum Gasteiger partial charge on any atom is -0.354 e. The van der Waals surface area contributed by atoms with E-state index in [-0.39, 0.29) is 24.1 Å². The molecular weight excluding hydrogens is 416 g/mol. The van der Waals surface area contributed by atoms with Crippen LogP contribution in [0.2, 0.25) is 0 Å². The highest BCUT2D eigenvalue weighted by Gasteiger charge is 2.23. The molecule has 3 rings (SSSR count). The summed E-state index contributed by atoms with van der Waals surface area (Å²) in [4.78, 5) is 42.6. The van der Waals surface area contributed by atoms with Crippen LogP contribution in [0.5, 0.6) is 0 Å². The van der Waals surface area contributed by atoms with E-state index in [9.17, 15) is 14.4 Å². The number of hydrogen-bond acceptors (Lipinski definition) is 4. The number of pyridine rings is 1. The minimum atomic E-state index is -0.938. The maximum Gasteiger partial charge on any atom is 0.270 e. The number of aryl methyl sites for hydroxylation is 1. The molecule has 0 fully saturated rings. The van der Waals surface area contributed by atoms with Crippen molar-refractivity contribution >= 4 is 28.6 Å². The maximum atomic E-state index is 12.9. The molecule has 0 aliphatic carbocycles. The lowest BCUT2D eigenvalue weighted by molar-refractivity contribution is -0.122. The minimum absolute atomic E-state index is 0.0421. The molecule has 1 aromatic heterocycles. The second-order valence-electron chi connectivity index (χ2n) is 8.46. The van der Waals surface area contributed by atoms with Crippen molar-refractivity contribution < 1.29 is 14.4 Å². The van der Waals surface area contributed by atoms with Gasteiger partial charge in [-0.05, 0) is 43.5 Å². The second-order valence-corrected chi connectivity index (χ2v) is 8.46. The van der Waals surface area contributed by atoms with E-state index in [2.05, 4.69) is 34.8 Å². The summed E-state index contributed by atoms with van der Waals surface area (Å²) in [5.41, 5.74) is 2.43. The molecule has 0 bridgehead atoms. The van der Waals surface area contributed by atoms with Gasteiger partial charge in [0.05, 0.1) is 5.52 Å². The van der Waals surface area contributed by atoms with E-state index in [0.717, 1.165) is 17.4 Å². The molecule has 1 heterocycles. The summed E-state index contributed by atoms with van der Waals surface area (Å²) in [6.07, 6.45) is 0.814. The van der Waals surface area contributed by atoms with Crippen LogP contribution in [0.25, 0.3) is 10.9 Å². The summed E-state index contributed by atoms with van der Waals surface area (Å²) < 4.78 is 0. The molecule has 3 aromatic rings. The van der Waals surface area contributed by atoms with E-state index < -0.39 is 11.9 Å². The van der Waals surface area contributed by atoms with Crippen molar-refractivity contribution in [3.05, 3.63) is 77.5 Å². The van der Waals surface area contributed by atoms with Crippen LogP contribution >= 0.6 is 0 Å². The van der Waals surface area contributed by atoms with E-state index >= 15 is 0 Å². The van der Waals surface area contributed by atoms with Gasteiger partial charge in [0.15, 0.2) is 0 Å². The van der Waals surface area contributed by atoms with Crippen molar-refractivity contribution in [1.82, 2.24) is 20.9 Å². The maximum absolute atomic E-state index is 12.9. The van der Waals surface area contributed by atoms with E-state index in [1.807, 2.05) is 49.4 Å². The Morgan fingerprint density at radius 2 is 1.61 bits per heavy atom. The SMILES string of the molecule is Cc1ccc(C(=O)NC[C@H](NC(=O)c2ccc3ccccc3n2)C(=O)NCCC(C)C)cc1. The van der Waals surface area contributed by atoms with Gasteiger partial charge in [0.2, 0.25) is 5.91 Å². The zero-order valence-corrected chi connectivity index (χ0v) is 19.2. The molecule has 0 unspecified atom stereocenters. The van der Waals surface area contributed by atoms with Gasteiger partial charge in [-0.15, -0.1) is 0 Å². The predicted molar refractivity (Wildman–Crippen MR) is 129 cm³/mol. The first-order valence-electron chi connectivity index (χ1n) is 11.1. The third-order valence-corrected chi connectivity index (χ3v) is 5.25. The Labute approximate surface area is 194 Å². The van der Waals surface area contributed by atoms with Crippen molar-refractivity contribution in [3.63, 3.8) is 0 Å². The fourth-order valence-corrected chi connectivity index (χ4v) is 3.24. The first kappa shape index (κ1) is 23.9. The first-order chi connectivity index (χ1) is 15.8. The molecule has 33 heavy (non-hydrogen) atoms. The summed E-state index contributed by atoms with van der Waals surface area (Å²) in [6, 6.07) is 17.1. The molecule has 7 nitrogen and oxygen atoms in total. The third kappa shape index (κ3) is 6.87. The lowest BCUT2D eigenvalue weighted by Crippen LogP contribution is -2.53. The molecule has 0 radical (unpaired) electrons. The number of nitrogens with zero attached hydrogens (tertiary/aromatic N) is 1. The number of carbonyl (C=O) groups excluding carboxylic acids is 3.